The van der Waals surface area contributed by atoms with Gasteiger partial charge in [0.25, 0.3) is 0 Å². The van der Waals surface area contributed by atoms with Crippen LogP contribution >= 0.6 is 28.3 Å². The zero-order valence-electron chi connectivity index (χ0n) is 12.5. The van der Waals surface area contributed by atoms with Crippen molar-refractivity contribution in [1.29, 1.82) is 0 Å². The highest BCUT2D eigenvalue weighted by Crippen LogP contribution is 2.21. The number of benzene rings is 2. The Morgan fingerprint density at radius 3 is 2.27 bits per heavy atom. The third kappa shape index (κ3) is 5.04. The highest BCUT2D eigenvalue weighted by Gasteiger charge is 2.08. The molecule has 0 fully saturated rings. The lowest BCUT2D eigenvalue weighted by Gasteiger charge is -2.16. The third-order valence-electron chi connectivity index (χ3n) is 3.15. The Morgan fingerprint density at radius 1 is 1.14 bits per heavy atom. The molecule has 0 bridgehead atoms. The minimum atomic E-state index is -0.287. The van der Waals surface area contributed by atoms with E-state index in [1.807, 2.05) is 24.3 Å². The van der Waals surface area contributed by atoms with Crippen LogP contribution in [0.2, 0.25) is 0 Å². The van der Waals surface area contributed by atoms with Gasteiger partial charge in [-0.05, 0) is 55.8 Å². The number of anilines is 1. The minimum Gasteiger partial charge on any atom is -0.462 e. The molecule has 0 aliphatic carbocycles. The van der Waals surface area contributed by atoms with Crippen molar-refractivity contribution < 1.29 is 9.53 Å². The Hall–Kier alpha value is -1.52. The number of ether oxygens (including phenoxy) is 1. The van der Waals surface area contributed by atoms with Crippen LogP contribution in [-0.2, 0) is 4.74 Å². The summed E-state index contributed by atoms with van der Waals surface area (Å²) in [5.74, 6) is -0.287. The highest BCUT2D eigenvalue weighted by molar-refractivity contribution is 9.10. The van der Waals surface area contributed by atoms with Gasteiger partial charge in [0.05, 0.1) is 12.2 Å². The van der Waals surface area contributed by atoms with Crippen LogP contribution in [0, 0.1) is 0 Å². The smallest absolute Gasteiger partial charge is 0.338 e. The summed E-state index contributed by atoms with van der Waals surface area (Å²) in [6.07, 6.45) is 0. The molecule has 0 aromatic heterocycles. The number of esters is 1. The Balaban J connectivity index is 0.00000242. The summed E-state index contributed by atoms with van der Waals surface area (Å²) in [6, 6.07) is 15.7. The summed E-state index contributed by atoms with van der Waals surface area (Å²) in [4.78, 5) is 11.6. The first-order valence-corrected chi connectivity index (χ1v) is 7.68. The Kier molecular flexibility index (Phi) is 7.42. The molecule has 2 aromatic rings. The maximum Gasteiger partial charge on any atom is 0.338 e. The maximum atomic E-state index is 11.6. The first kappa shape index (κ1) is 18.5. The first-order valence-electron chi connectivity index (χ1n) is 6.89. The number of halogens is 2. The molecular formula is C17H19BrClNO2. The van der Waals surface area contributed by atoms with E-state index in [1.54, 1.807) is 19.1 Å². The molecule has 0 aliphatic rings. The SMILES string of the molecule is CCOC(=O)c1ccc(N[C@@H](C)c2ccc(Br)cc2)cc1.Cl. The molecule has 0 spiro atoms. The predicted molar refractivity (Wildman–Crippen MR) is 95.8 cm³/mol. The van der Waals surface area contributed by atoms with Crippen LogP contribution in [0.25, 0.3) is 0 Å². The average molecular weight is 385 g/mol. The summed E-state index contributed by atoms with van der Waals surface area (Å²) in [6.45, 7) is 4.29. The largest absolute Gasteiger partial charge is 0.462 e. The van der Waals surface area contributed by atoms with Crippen LogP contribution in [0.3, 0.4) is 0 Å². The van der Waals surface area contributed by atoms with Crippen LogP contribution in [-0.4, -0.2) is 12.6 Å². The fraction of sp³-hybridized carbons (Fsp3) is 0.235. The molecule has 0 amide bonds. The van der Waals surface area contributed by atoms with E-state index in [0.717, 1.165) is 10.2 Å². The second-order valence-electron chi connectivity index (χ2n) is 4.72. The molecule has 3 nitrogen and oxygen atoms in total. The van der Waals surface area contributed by atoms with Gasteiger partial charge < -0.3 is 10.1 Å². The number of carbonyl (C=O) groups is 1. The van der Waals surface area contributed by atoms with Crippen molar-refractivity contribution in [2.75, 3.05) is 11.9 Å². The van der Waals surface area contributed by atoms with Gasteiger partial charge in [-0.2, -0.15) is 0 Å². The Labute approximate surface area is 145 Å². The zero-order chi connectivity index (χ0) is 15.2. The van der Waals surface area contributed by atoms with Crippen molar-refractivity contribution in [3.05, 3.63) is 64.1 Å². The van der Waals surface area contributed by atoms with Crippen molar-refractivity contribution in [1.82, 2.24) is 0 Å². The molecule has 22 heavy (non-hydrogen) atoms. The van der Waals surface area contributed by atoms with Crippen molar-refractivity contribution in [3.8, 4) is 0 Å². The lowest BCUT2D eigenvalue weighted by molar-refractivity contribution is 0.0526. The fourth-order valence-electron chi connectivity index (χ4n) is 2.00. The number of rotatable bonds is 5. The molecule has 1 atom stereocenters. The molecule has 1 N–H and O–H groups in total. The topological polar surface area (TPSA) is 38.3 Å². The summed E-state index contributed by atoms with van der Waals surface area (Å²) in [5, 5.41) is 3.41. The zero-order valence-corrected chi connectivity index (χ0v) is 14.9. The third-order valence-corrected chi connectivity index (χ3v) is 3.68. The van der Waals surface area contributed by atoms with E-state index in [2.05, 4.69) is 40.3 Å². The highest BCUT2D eigenvalue weighted by atomic mass is 79.9. The van der Waals surface area contributed by atoms with E-state index in [9.17, 15) is 4.79 Å². The molecule has 0 unspecified atom stereocenters. The molecule has 0 heterocycles. The number of hydrogen-bond acceptors (Lipinski definition) is 3. The van der Waals surface area contributed by atoms with Gasteiger partial charge in [-0.1, -0.05) is 28.1 Å². The van der Waals surface area contributed by atoms with Crippen LogP contribution in [0.5, 0.6) is 0 Å². The summed E-state index contributed by atoms with van der Waals surface area (Å²) in [5.41, 5.74) is 2.74. The van der Waals surface area contributed by atoms with Crippen molar-refractivity contribution in [2.45, 2.75) is 19.9 Å². The standard InChI is InChI=1S/C17H18BrNO2.ClH/c1-3-21-17(20)14-6-10-16(11-7-14)19-12(2)13-4-8-15(18)9-5-13;/h4-12,19H,3H2,1-2H3;1H/t12-;/m0./s1. The molecular weight excluding hydrogens is 366 g/mol. The van der Waals surface area contributed by atoms with Crippen LogP contribution in [0.1, 0.15) is 35.8 Å². The van der Waals surface area contributed by atoms with Gasteiger partial charge in [0, 0.05) is 16.2 Å². The van der Waals surface area contributed by atoms with Gasteiger partial charge in [0.1, 0.15) is 0 Å². The van der Waals surface area contributed by atoms with Gasteiger partial charge in [-0.15, -0.1) is 12.4 Å². The lowest BCUT2D eigenvalue weighted by Crippen LogP contribution is -2.07. The molecule has 0 aliphatic heterocycles. The predicted octanol–water partition coefficient (Wildman–Crippen LogP) is 5.22. The monoisotopic (exact) mass is 383 g/mol. The van der Waals surface area contributed by atoms with Crippen molar-refractivity contribution in [3.63, 3.8) is 0 Å². The van der Waals surface area contributed by atoms with Crippen molar-refractivity contribution in [2.24, 2.45) is 0 Å². The van der Waals surface area contributed by atoms with Gasteiger partial charge in [-0.25, -0.2) is 4.79 Å². The van der Waals surface area contributed by atoms with Crippen molar-refractivity contribution >= 4 is 40.0 Å². The summed E-state index contributed by atoms with van der Waals surface area (Å²) in [7, 11) is 0. The van der Waals surface area contributed by atoms with Crippen LogP contribution < -0.4 is 5.32 Å². The Morgan fingerprint density at radius 2 is 1.73 bits per heavy atom. The lowest BCUT2D eigenvalue weighted by atomic mass is 10.1. The van der Waals surface area contributed by atoms with Crippen LogP contribution in [0.15, 0.2) is 53.0 Å². The minimum absolute atomic E-state index is 0. The van der Waals surface area contributed by atoms with Gasteiger partial charge in [0.2, 0.25) is 0 Å². The van der Waals surface area contributed by atoms with E-state index in [4.69, 9.17) is 4.74 Å². The van der Waals surface area contributed by atoms with Crippen LogP contribution in [0.4, 0.5) is 5.69 Å². The molecule has 5 heteroatoms. The molecule has 2 aromatic carbocycles. The normalized spacial score (nSPS) is 11.2. The second-order valence-corrected chi connectivity index (χ2v) is 5.63. The molecule has 0 radical (unpaired) electrons. The van der Waals surface area contributed by atoms with E-state index in [0.29, 0.717) is 12.2 Å². The fourth-order valence-corrected chi connectivity index (χ4v) is 2.27. The first-order chi connectivity index (χ1) is 10.1. The van der Waals surface area contributed by atoms with E-state index in [-0.39, 0.29) is 24.4 Å². The molecule has 0 saturated carbocycles. The van der Waals surface area contributed by atoms with Gasteiger partial charge in [-0.3, -0.25) is 0 Å². The summed E-state index contributed by atoms with van der Waals surface area (Å²) < 4.78 is 6.03. The van der Waals surface area contributed by atoms with Gasteiger partial charge >= 0.3 is 5.97 Å². The molecule has 2 rings (SSSR count). The maximum absolute atomic E-state index is 11.6. The molecule has 118 valence electrons. The average Bonchev–Trinajstić information content (AvgIpc) is 2.49. The van der Waals surface area contributed by atoms with E-state index >= 15 is 0 Å². The second kappa shape index (κ2) is 8.81. The molecule has 0 saturated heterocycles. The summed E-state index contributed by atoms with van der Waals surface area (Å²) >= 11 is 3.43. The number of hydrogen-bond donors (Lipinski definition) is 1. The van der Waals surface area contributed by atoms with E-state index < -0.39 is 0 Å². The van der Waals surface area contributed by atoms with Gasteiger partial charge in [0.15, 0.2) is 0 Å². The van der Waals surface area contributed by atoms with E-state index in [1.165, 1.54) is 5.56 Å². The number of nitrogens with one attached hydrogen (secondary N) is 1. The quantitative estimate of drug-likeness (QED) is 0.718. The number of carbonyl (C=O) groups excluding carboxylic acids is 1. The Bertz CT molecular complexity index is 599.